The number of benzene rings is 1. The summed E-state index contributed by atoms with van der Waals surface area (Å²) in [5, 5.41) is 0. The molecule has 1 aromatic carbocycles. The highest BCUT2D eigenvalue weighted by molar-refractivity contribution is 14.1. The van der Waals surface area contributed by atoms with Crippen LogP contribution >= 0.6 is 22.6 Å². The molecule has 0 bridgehead atoms. The van der Waals surface area contributed by atoms with Gasteiger partial charge in [0, 0.05) is 16.0 Å². The van der Waals surface area contributed by atoms with Crippen molar-refractivity contribution in [3.63, 3.8) is 0 Å². The molecular formula is C14H11IN2O. The Labute approximate surface area is 119 Å². The van der Waals surface area contributed by atoms with Crippen LogP contribution in [0.25, 0.3) is 5.65 Å². The normalized spacial score (nSPS) is 10.7. The molecule has 0 saturated heterocycles. The van der Waals surface area contributed by atoms with Crippen LogP contribution in [0, 0.1) is 3.57 Å². The van der Waals surface area contributed by atoms with Gasteiger partial charge in [0.05, 0.1) is 5.69 Å². The number of ether oxygens (including phenoxy) is 1. The number of rotatable bonds is 3. The van der Waals surface area contributed by atoms with E-state index in [-0.39, 0.29) is 0 Å². The summed E-state index contributed by atoms with van der Waals surface area (Å²) in [6.07, 6.45) is 3.97. The molecule has 0 spiro atoms. The van der Waals surface area contributed by atoms with Crippen molar-refractivity contribution >= 4 is 28.2 Å². The lowest BCUT2D eigenvalue weighted by Gasteiger charge is -2.03. The van der Waals surface area contributed by atoms with Crippen LogP contribution in [0.15, 0.2) is 54.9 Å². The number of nitrogens with zero attached hydrogens (tertiary/aromatic N) is 2. The van der Waals surface area contributed by atoms with Crippen LogP contribution in [0.1, 0.15) is 5.69 Å². The van der Waals surface area contributed by atoms with Crippen LogP contribution in [0.4, 0.5) is 0 Å². The molecule has 0 saturated carbocycles. The predicted octanol–water partition coefficient (Wildman–Crippen LogP) is 3.52. The Balaban J connectivity index is 1.74. The van der Waals surface area contributed by atoms with E-state index in [1.807, 2.05) is 59.3 Å². The first-order valence-electron chi connectivity index (χ1n) is 5.62. The Kier molecular flexibility index (Phi) is 3.19. The molecule has 0 fully saturated rings. The van der Waals surface area contributed by atoms with E-state index in [9.17, 15) is 0 Å². The topological polar surface area (TPSA) is 26.5 Å². The van der Waals surface area contributed by atoms with Crippen LogP contribution in [-0.2, 0) is 6.61 Å². The van der Waals surface area contributed by atoms with Crippen LogP contribution in [0.5, 0.6) is 5.75 Å². The fourth-order valence-electron chi connectivity index (χ4n) is 1.74. The zero-order chi connectivity index (χ0) is 12.4. The molecule has 2 heterocycles. The number of fused-ring (bicyclic) bond motifs is 1. The molecule has 2 aromatic heterocycles. The summed E-state index contributed by atoms with van der Waals surface area (Å²) in [7, 11) is 0. The highest BCUT2D eigenvalue weighted by Crippen LogP contribution is 2.15. The van der Waals surface area contributed by atoms with Gasteiger partial charge in [-0.3, -0.25) is 0 Å². The number of hydrogen-bond acceptors (Lipinski definition) is 2. The van der Waals surface area contributed by atoms with Crippen molar-refractivity contribution in [2.75, 3.05) is 0 Å². The van der Waals surface area contributed by atoms with Gasteiger partial charge in [0.2, 0.25) is 0 Å². The lowest BCUT2D eigenvalue weighted by atomic mass is 10.3. The minimum absolute atomic E-state index is 0.488. The molecule has 3 nitrogen and oxygen atoms in total. The summed E-state index contributed by atoms with van der Waals surface area (Å²) in [4.78, 5) is 4.48. The minimum Gasteiger partial charge on any atom is -0.487 e. The largest absolute Gasteiger partial charge is 0.487 e. The average molecular weight is 350 g/mol. The SMILES string of the molecule is Ic1ccc(OCc2cn3ccccc3n2)cc1. The molecule has 0 unspecified atom stereocenters. The summed E-state index contributed by atoms with van der Waals surface area (Å²) >= 11 is 2.27. The molecule has 0 aliphatic carbocycles. The summed E-state index contributed by atoms with van der Waals surface area (Å²) in [5.41, 5.74) is 1.87. The molecular weight excluding hydrogens is 339 g/mol. The zero-order valence-electron chi connectivity index (χ0n) is 9.58. The smallest absolute Gasteiger partial charge is 0.137 e. The number of halogens is 1. The van der Waals surface area contributed by atoms with Crippen LogP contribution in [0.3, 0.4) is 0 Å². The van der Waals surface area contributed by atoms with Crippen molar-refractivity contribution in [3.05, 3.63) is 64.1 Å². The van der Waals surface area contributed by atoms with Gasteiger partial charge in [0.25, 0.3) is 0 Å². The average Bonchev–Trinajstić information content (AvgIpc) is 2.81. The summed E-state index contributed by atoms with van der Waals surface area (Å²) in [6, 6.07) is 13.9. The van der Waals surface area contributed by atoms with Gasteiger partial charge in [-0.05, 0) is 59.0 Å². The quantitative estimate of drug-likeness (QED) is 0.676. The molecule has 0 aliphatic rings. The monoisotopic (exact) mass is 350 g/mol. The Bertz CT molecular complexity index is 628. The number of aromatic nitrogens is 2. The van der Waals surface area contributed by atoms with E-state index in [1.54, 1.807) is 0 Å². The third kappa shape index (κ3) is 2.48. The lowest BCUT2D eigenvalue weighted by Crippen LogP contribution is -1.95. The molecule has 0 radical (unpaired) electrons. The Morgan fingerprint density at radius 3 is 2.72 bits per heavy atom. The lowest BCUT2D eigenvalue weighted by molar-refractivity contribution is 0.302. The van der Waals surface area contributed by atoms with E-state index in [0.29, 0.717) is 6.61 Å². The molecule has 0 aliphatic heterocycles. The van der Waals surface area contributed by atoms with E-state index in [2.05, 4.69) is 27.6 Å². The van der Waals surface area contributed by atoms with Crippen molar-refractivity contribution in [1.82, 2.24) is 9.38 Å². The van der Waals surface area contributed by atoms with Gasteiger partial charge >= 0.3 is 0 Å². The van der Waals surface area contributed by atoms with E-state index in [1.165, 1.54) is 3.57 Å². The Morgan fingerprint density at radius 1 is 1.11 bits per heavy atom. The third-order valence-electron chi connectivity index (χ3n) is 2.61. The minimum atomic E-state index is 0.488. The van der Waals surface area contributed by atoms with E-state index < -0.39 is 0 Å². The summed E-state index contributed by atoms with van der Waals surface area (Å²) < 4.78 is 8.89. The maximum absolute atomic E-state index is 5.70. The molecule has 4 heteroatoms. The maximum Gasteiger partial charge on any atom is 0.137 e. The Hall–Kier alpha value is -1.56. The molecule has 0 atom stereocenters. The van der Waals surface area contributed by atoms with Crippen molar-refractivity contribution in [3.8, 4) is 5.75 Å². The number of hydrogen-bond donors (Lipinski definition) is 0. The first-order chi connectivity index (χ1) is 8.81. The zero-order valence-corrected chi connectivity index (χ0v) is 11.7. The molecule has 3 aromatic rings. The van der Waals surface area contributed by atoms with Gasteiger partial charge in [0.15, 0.2) is 0 Å². The van der Waals surface area contributed by atoms with Gasteiger partial charge in [0.1, 0.15) is 18.0 Å². The number of pyridine rings is 1. The van der Waals surface area contributed by atoms with Crippen molar-refractivity contribution in [2.24, 2.45) is 0 Å². The molecule has 18 heavy (non-hydrogen) atoms. The fourth-order valence-corrected chi connectivity index (χ4v) is 2.10. The highest BCUT2D eigenvalue weighted by atomic mass is 127. The van der Waals surface area contributed by atoms with Crippen LogP contribution < -0.4 is 4.74 Å². The number of imidazole rings is 1. The molecule has 3 rings (SSSR count). The van der Waals surface area contributed by atoms with Crippen molar-refractivity contribution in [1.29, 1.82) is 0 Å². The molecule has 0 amide bonds. The second-order valence-corrected chi connectivity index (χ2v) is 5.19. The second-order valence-electron chi connectivity index (χ2n) is 3.94. The second kappa shape index (κ2) is 4.97. The van der Waals surface area contributed by atoms with Gasteiger partial charge < -0.3 is 9.14 Å². The van der Waals surface area contributed by atoms with Crippen molar-refractivity contribution < 1.29 is 4.74 Å². The van der Waals surface area contributed by atoms with Crippen LogP contribution in [0.2, 0.25) is 0 Å². The summed E-state index contributed by atoms with van der Waals surface area (Å²) in [6.45, 7) is 0.488. The molecule has 0 N–H and O–H groups in total. The third-order valence-corrected chi connectivity index (χ3v) is 3.33. The predicted molar refractivity (Wildman–Crippen MR) is 78.7 cm³/mol. The van der Waals surface area contributed by atoms with E-state index >= 15 is 0 Å². The van der Waals surface area contributed by atoms with Crippen molar-refractivity contribution in [2.45, 2.75) is 6.61 Å². The fraction of sp³-hybridized carbons (Fsp3) is 0.0714. The molecule has 90 valence electrons. The first-order valence-corrected chi connectivity index (χ1v) is 6.70. The summed E-state index contributed by atoms with van der Waals surface area (Å²) in [5.74, 6) is 0.868. The van der Waals surface area contributed by atoms with Gasteiger partial charge in [-0.15, -0.1) is 0 Å². The first kappa shape index (κ1) is 11.5. The van der Waals surface area contributed by atoms with Gasteiger partial charge in [-0.2, -0.15) is 0 Å². The maximum atomic E-state index is 5.70. The van der Waals surface area contributed by atoms with E-state index in [0.717, 1.165) is 17.1 Å². The Morgan fingerprint density at radius 2 is 1.94 bits per heavy atom. The standard InChI is InChI=1S/C14H11IN2O/c15-11-4-6-13(7-5-11)18-10-12-9-17-8-2-1-3-14(17)16-12/h1-9H,10H2. The van der Waals surface area contributed by atoms with Gasteiger partial charge in [-0.1, -0.05) is 6.07 Å². The van der Waals surface area contributed by atoms with Gasteiger partial charge in [-0.25, -0.2) is 4.98 Å². The highest BCUT2D eigenvalue weighted by Gasteiger charge is 2.01. The van der Waals surface area contributed by atoms with E-state index in [4.69, 9.17) is 4.74 Å². The van der Waals surface area contributed by atoms with Crippen LogP contribution in [-0.4, -0.2) is 9.38 Å².